The Bertz CT molecular complexity index is 878. The van der Waals surface area contributed by atoms with Gasteiger partial charge >= 0.3 is 0 Å². The number of hydrogen-bond donors (Lipinski definition) is 0. The van der Waals surface area contributed by atoms with Crippen molar-refractivity contribution in [3.63, 3.8) is 0 Å². The molecule has 0 aromatic heterocycles. The van der Waals surface area contributed by atoms with E-state index in [0.717, 1.165) is 17.0 Å². The van der Waals surface area contributed by atoms with Gasteiger partial charge in [0, 0.05) is 44.2 Å². The molecule has 1 amide bonds. The summed E-state index contributed by atoms with van der Waals surface area (Å²) < 4.78 is 14.1. The average molecular weight is 397 g/mol. The maximum Gasteiger partial charge on any atom is 0.225 e. The molecule has 0 fully saturated rings. The van der Waals surface area contributed by atoms with Crippen LogP contribution in [0.5, 0.6) is 0 Å². The molecule has 1 aliphatic rings. The summed E-state index contributed by atoms with van der Waals surface area (Å²) in [6, 6.07) is 14.7. The van der Waals surface area contributed by atoms with E-state index in [1.165, 1.54) is 6.07 Å². The van der Waals surface area contributed by atoms with E-state index in [1.807, 2.05) is 57.1 Å². The second-order valence-electron chi connectivity index (χ2n) is 7.88. The Hall–Kier alpha value is -2.89. The van der Waals surface area contributed by atoms with E-state index in [-0.39, 0.29) is 30.3 Å². The fraction of sp³-hybridized carbons (Fsp3) is 0.391. The Labute approximate surface area is 171 Å². The number of carbonyl (C=O) groups excluding carboxylic acids is 1. The molecule has 0 saturated carbocycles. The molecule has 0 N–H and O–H groups in total. The molecule has 1 heterocycles. The molecule has 3 rings (SSSR count). The SMILES string of the molecule is CC(C)C(=O)N(Cc1ccccc1F)C[C@@H]1CC(c2ccc(N(C)C)cc2)=NO1. The van der Waals surface area contributed by atoms with Crippen LogP contribution in [0.25, 0.3) is 0 Å². The molecule has 1 atom stereocenters. The Morgan fingerprint density at radius 2 is 1.86 bits per heavy atom. The molecule has 0 saturated heterocycles. The van der Waals surface area contributed by atoms with Crippen LogP contribution >= 0.6 is 0 Å². The van der Waals surface area contributed by atoms with E-state index >= 15 is 0 Å². The third-order valence-electron chi connectivity index (χ3n) is 5.00. The van der Waals surface area contributed by atoms with Crippen molar-refractivity contribution in [2.75, 3.05) is 25.5 Å². The zero-order valence-electron chi connectivity index (χ0n) is 17.4. The van der Waals surface area contributed by atoms with Crippen LogP contribution in [0.3, 0.4) is 0 Å². The van der Waals surface area contributed by atoms with E-state index in [4.69, 9.17) is 4.84 Å². The fourth-order valence-corrected chi connectivity index (χ4v) is 3.32. The van der Waals surface area contributed by atoms with Crippen LogP contribution in [-0.2, 0) is 16.2 Å². The van der Waals surface area contributed by atoms with E-state index in [9.17, 15) is 9.18 Å². The highest BCUT2D eigenvalue weighted by molar-refractivity contribution is 6.01. The van der Waals surface area contributed by atoms with Crippen molar-refractivity contribution in [1.29, 1.82) is 0 Å². The number of carbonyl (C=O) groups is 1. The minimum atomic E-state index is -0.306. The van der Waals surface area contributed by atoms with Gasteiger partial charge in [0.15, 0.2) is 6.10 Å². The van der Waals surface area contributed by atoms with Crippen molar-refractivity contribution in [3.05, 3.63) is 65.5 Å². The number of rotatable bonds is 7. The van der Waals surface area contributed by atoms with E-state index in [0.29, 0.717) is 18.5 Å². The van der Waals surface area contributed by atoms with Gasteiger partial charge in [-0.15, -0.1) is 0 Å². The molecule has 2 aromatic carbocycles. The highest BCUT2D eigenvalue weighted by Crippen LogP contribution is 2.22. The predicted molar refractivity (Wildman–Crippen MR) is 113 cm³/mol. The zero-order chi connectivity index (χ0) is 21.0. The third-order valence-corrected chi connectivity index (χ3v) is 5.00. The minimum absolute atomic E-state index is 0.0272. The second-order valence-corrected chi connectivity index (χ2v) is 7.88. The molecule has 6 heteroatoms. The summed E-state index contributed by atoms with van der Waals surface area (Å²) in [5.41, 5.74) is 3.49. The Balaban J connectivity index is 1.67. The summed E-state index contributed by atoms with van der Waals surface area (Å²) in [6.45, 7) is 4.28. The van der Waals surface area contributed by atoms with Gasteiger partial charge in [0.05, 0.1) is 12.3 Å². The number of halogens is 1. The van der Waals surface area contributed by atoms with Crippen molar-refractivity contribution in [2.24, 2.45) is 11.1 Å². The molecule has 29 heavy (non-hydrogen) atoms. The molecular weight excluding hydrogens is 369 g/mol. The van der Waals surface area contributed by atoms with Gasteiger partial charge in [-0.2, -0.15) is 0 Å². The highest BCUT2D eigenvalue weighted by Gasteiger charge is 2.28. The maximum atomic E-state index is 14.1. The molecule has 5 nitrogen and oxygen atoms in total. The van der Waals surface area contributed by atoms with Gasteiger partial charge in [-0.05, 0) is 23.8 Å². The van der Waals surface area contributed by atoms with Crippen molar-refractivity contribution < 1.29 is 14.0 Å². The van der Waals surface area contributed by atoms with Crippen molar-refractivity contribution in [3.8, 4) is 0 Å². The number of amides is 1. The van der Waals surface area contributed by atoms with Gasteiger partial charge in [-0.3, -0.25) is 4.79 Å². The normalized spacial score (nSPS) is 15.8. The van der Waals surface area contributed by atoms with Crippen LogP contribution in [0.15, 0.2) is 53.7 Å². The first kappa shape index (κ1) is 20.8. The van der Waals surface area contributed by atoms with Crippen LogP contribution < -0.4 is 4.90 Å². The summed E-state index contributed by atoms with van der Waals surface area (Å²) in [6.07, 6.45) is 0.369. The topological polar surface area (TPSA) is 45.1 Å². The quantitative estimate of drug-likeness (QED) is 0.708. The molecule has 2 aromatic rings. The van der Waals surface area contributed by atoms with Gasteiger partial charge in [0.1, 0.15) is 5.82 Å². The molecular formula is C23H28FN3O2. The Morgan fingerprint density at radius 1 is 1.17 bits per heavy atom. The molecule has 0 bridgehead atoms. The maximum absolute atomic E-state index is 14.1. The van der Waals surface area contributed by atoms with E-state index in [1.54, 1.807) is 23.1 Å². The zero-order valence-corrected chi connectivity index (χ0v) is 17.4. The van der Waals surface area contributed by atoms with Gasteiger partial charge in [0.2, 0.25) is 5.91 Å². The van der Waals surface area contributed by atoms with Gasteiger partial charge < -0.3 is 14.6 Å². The number of nitrogens with zero attached hydrogens (tertiary/aromatic N) is 3. The van der Waals surface area contributed by atoms with Gasteiger partial charge in [-0.1, -0.05) is 49.3 Å². The summed E-state index contributed by atoms with van der Waals surface area (Å²) >= 11 is 0. The third kappa shape index (κ3) is 5.13. The highest BCUT2D eigenvalue weighted by atomic mass is 19.1. The minimum Gasteiger partial charge on any atom is -0.390 e. The summed E-state index contributed by atoms with van der Waals surface area (Å²) in [7, 11) is 3.99. The molecule has 0 unspecified atom stereocenters. The molecule has 0 radical (unpaired) electrons. The van der Waals surface area contributed by atoms with Crippen molar-refractivity contribution in [2.45, 2.75) is 32.9 Å². The standard InChI is InChI=1S/C23H28FN3O2/c1-16(2)23(28)27(14-18-7-5-6-8-21(18)24)15-20-13-22(25-29-20)17-9-11-19(12-10-17)26(3)4/h5-12,16,20H,13-15H2,1-4H3/t20-/m0/s1. The van der Waals surface area contributed by atoms with Crippen molar-refractivity contribution in [1.82, 2.24) is 4.90 Å². The Morgan fingerprint density at radius 3 is 2.48 bits per heavy atom. The lowest BCUT2D eigenvalue weighted by Gasteiger charge is -2.26. The van der Waals surface area contributed by atoms with Crippen LogP contribution in [0.2, 0.25) is 0 Å². The van der Waals surface area contributed by atoms with Crippen LogP contribution in [0.1, 0.15) is 31.4 Å². The largest absolute Gasteiger partial charge is 0.390 e. The molecule has 1 aliphatic heterocycles. The predicted octanol–water partition coefficient (Wildman–Crippen LogP) is 4.07. The summed E-state index contributed by atoms with van der Waals surface area (Å²) in [4.78, 5) is 22.0. The smallest absolute Gasteiger partial charge is 0.225 e. The molecule has 154 valence electrons. The van der Waals surface area contributed by atoms with Gasteiger partial charge in [0.25, 0.3) is 0 Å². The van der Waals surface area contributed by atoms with Gasteiger partial charge in [-0.25, -0.2) is 4.39 Å². The number of benzene rings is 2. The first-order valence-electron chi connectivity index (χ1n) is 9.87. The number of hydrogen-bond acceptors (Lipinski definition) is 4. The lowest BCUT2D eigenvalue weighted by atomic mass is 10.0. The first-order chi connectivity index (χ1) is 13.8. The van der Waals surface area contributed by atoms with Crippen LogP contribution in [0.4, 0.5) is 10.1 Å². The molecule has 0 spiro atoms. The Kier molecular flexibility index (Phi) is 6.52. The summed E-state index contributed by atoms with van der Waals surface area (Å²) in [5.74, 6) is -0.512. The monoisotopic (exact) mass is 397 g/mol. The second kappa shape index (κ2) is 9.07. The molecule has 0 aliphatic carbocycles. The van der Waals surface area contributed by atoms with Crippen LogP contribution in [0, 0.1) is 11.7 Å². The number of anilines is 1. The lowest BCUT2D eigenvalue weighted by molar-refractivity contribution is -0.137. The lowest BCUT2D eigenvalue weighted by Crippen LogP contribution is -2.39. The van der Waals surface area contributed by atoms with E-state index < -0.39 is 0 Å². The summed E-state index contributed by atoms with van der Waals surface area (Å²) in [5, 5.41) is 4.23. The van der Waals surface area contributed by atoms with Crippen LogP contribution in [-0.4, -0.2) is 43.3 Å². The van der Waals surface area contributed by atoms with E-state index in [2.05, 4.69) is 5.16 Å². The number of oxime groups is 1. The average Bonchev–Trinajstić information content (AvgIpc) is 3.17. The fourth-order valence-electron chi connectivity index (χ4n) is 3.32. The van der Waals surface area contributed by atoms with Crippen molar-refractivity contribution >= 4 is 17.3 Å². The first-order valence-corrected chi connectivity index (χ1v) is 9.87.